The number of fused-ring (bicyclic) bond motifs is 1. The molecule has 1 unspecified atom stereocenters. The largest absolute Gasteiger partial charge is 0.357 e. The van der Waals surface area contributed by atoms with Gasteiger partial charge in [-0.05, 0) is 44.5 Å². The number of carbonyl (C=O) groups is 2. The number of aromatic nitrogens is 2. The Morgan fingerprint density at radius 2 is 1.94 bits per heavy atom. The average molecular weight is 430 g/mol. The number of hydrogen-bond donors (Lipinski definition) is 2. The Labute approximate surface area is 183 Å². The van der Waals surface area contributed by atoms with Gasteiger partial charge in [-0.1, -0.05) is 32.4 Å². The van der Waals surface area contributed by atoms with Crippen molar-refractivity contribution < 1.29 is 14.0 Å². The van der Waals surface area contributed by atoms with Gasteiger partial charge in [0.2, 0.25) is 5.91 Å². The van der Waals surface area contributed by atoms with Crippen LogP contribution in [0.4, 0.5) is 4.39 Å². The molecule has 7 nitrogen and oxygen atoms in total. The van der Waals surface area contributed by atoms with Gasteiger partial charge in [0.1, 0.15) is 17.7 Å². The molecule has 2 N–H and O–H groups in total. The molecule has 1 aromatic carbocycles. The van der Waals surface area contributed by atoms with E-state index in [4.69, 9.17) is 0 Å². The normalized spacial score (nSPS) is 15.7. The van der Waals surface area contributed by atoms with Crippen molar-refractivity contribution >= 4 is 11.8 Å². The quantitative estimate of drug-likeness (QED) is 0.783. The zero-order valence-electron chi connectivity index (χ0n) is 19.2. The first-order valence-electron chi connectivity index (χ1n) is 10.6. The summed E-state index contributed by atoms with van der Waals surface area (Å²) in [6.45, 7) is 9.59. The van der Waals surface area contributed by atoms with Gasteiger partial charge in [0.05, 0.1) is 11.3 Å². The molecule has 1 aromatic heterocycles. The van der Waals surface area contributed by atoms with Gasteiger partial charge >= 0.3 is 0 Å². The third-order valence-electron chi connectivity index (χ3n) is 5.64. The molecule has 168 valence electrons. The van der Waals surface area contributed by atoms with Gasteiger partial charge in [-0.2, -0.15) is 0 Å². The van der Waals surface area contributed by atoms with E-state index in [9.17, 15) is 14.0 Å². The first kappa shape index (κ1) is 22.9. The van der Waals surface area contributed by atoms with E-state index in [0.29, 0.717) is 24.5 Å². The Morgan fingerprint density at radius 3 is 2.58 bits per heavy atom. The second-order valence-electron chi connectivity index (χ2n) is 9.34. The van der Waals surface area contributed by atoms with Crippen LogP contribution in [-0.4, -0.2) is 52.9 Å². The lowest BCUT2D eigenvalue weighted by atomic mass is 9.86. The van der Waals surface area contributed by atoms with Crippen LogP contribution in [-0.2, 0) is 17.9 Å². The highest BCUT2D eigenvalue weighted by Crippen LogP contribution is 2.29. The highest BCUT2D eigenvalue weighted by molar-refractivity contribution is 5.97. The molecule has 0 saturated carbocycles. The summed E-state index contributed by atoms with van der Waals surface area (Å²) in [5.74, 6) is -0.625. The van der Waals surface area contributed by atoms with Crippen molar-refractivity contribution in [1.82, 2.24) is 25.1 Å². The number of likely N-dealkylation sites (N-methyl/N-ethyl adjacent to an activating group) is 1. The van der Waals surface area contributed by atoms with Crippen molar-refractivity contribution in [3.05, 3.63) is 41.0 Å². The zero-order chi connectivity index (χ0) is 22.9. The molecule has 0 bridgehead atoms. The molecule has 0 spiro atoms. The predicted octanol–water partition coefficient (Wildman–Crippen LogP) is 2.72. The van der Waals surface area contributed by atoms with E-state index >= 15 is 0 Å². The minimum Gasteiger partial charge on any atom is -0.357 e. The topological polar surface area (TPSA) is 79.3 Å². The van der Waals surface area contributed by atoms with E-state index in [2.05, 4.69) is 20.5 Å². The number of aryl methyl sites for hydroxylation is 1. The van der Waals surface area contributed by atoms with Gasteiger partial charge in [0, 0.05) is 20.1 Å². The Hall–Kier alpha value is -2.74. The minimum absolute atomic E-state index is 0.239. The van der Waals surface area contributed by atoms with Crippen LogP contribution in [0.5, 0.6) is 0 Å². The molecular formula is C23H32FN5O2. The number of nitrogens with zero attached hydrogens (tertiary/aromatic N) is 3. The maximum Gasteiger partial charge on any atom is 0.272 e. The van der Waals surface area contributed by atoms with Gasteiger partial charge in [-0.3, -0.25) is 9.59 Å². The van der Waals surface area contributed by atoms with Crippen molar-refractivity contribution in [1.29, 1.82) is 0 Å². The molecular weight excluding hydrogens is 397 g/mol. The summed E-state index contributed by atoms with van der Waals surface area (Å²) in [5, 5.41) is 5.48. The lowest BCUT2D eigenvalue weighted by molar-refractivity contribution is -0.124. The van der Waals surface area contributed by atoms with Crippen molar-refractivity contribution in [2.75, 3.05) is 20.6 Å². The van der Waals surface area contributed by atoms with E-state index in [1.165, 1.54) is 6.07 Å². The average Bonchev–Trinajstić information content (AvgIpc) is 2.92. The lowest BCUT2D eigenvalue weighted by Gasteiger charge is -2.29. The van der Waals surface area contributed by atoms with Crippen LogP contribution in [0.15, 0.2) is 18.2 Å². The fourth-order valence-electron chi connectivity index (χ4n) is 3.94. The maximum absolute atomic E-state index is 14.7. The third-order valence-corrected chi connectivity index (χ3v) is 5.64. The monoisotopic (exact) mass is 429 g/mol. The van der Waals surface area contributed by atoms with Crippen LogP contribution < -0.4 is 10.6 Å². The van der Waals surface area contributed by atoms with Crippen molar-refractivity contribution in [2.24, 2.45) is 5.41 Å². The molecule has 3 rings (SSSR count). The molecule has 1 atom stereocenters. The van der Waals surface area contributed by atoms with Crippen molar-refractivity contribution in [2.45, 2.75) is 53.2 Å². The standard InChI is InChI=1S/C23H32FN5O2/c1-14-8-9-16(24)15(12-14)20-26-18(17-13-28(6)10-7-11-29(17)20)21(30)27-19(22(31)25-5)23(2,3)4/h8-9,12,19H,7,10-11,13H2,1-6H3,(H,25,31)(H,27,30). The van der Waals surface area contributed by atoms with Crippen LogP contribution in [0.1, 0.15) is 48.9 Å². The van der Waals surface area contributed by atoms with Gasteiger partial charge in [-0.25, -0.2) is 9.37 Å². The number of halogens is 1. The Balaban J connectivity index is 2.10. The van der Waals surface area contributed by atoms with Gasteiger partial charge in [0.25, 0.3) is 5.91 Å². The van der Waals surface area contributed by atoms with Crippen LogP contribution >= 0.6 is 0 Å². The minimum atomic E-state index is -0.731. The predicted molar refractivity (Wildman–Crippen MR) is 118 cm³/mol. The number of amides is 2. The molecule has 2 aromatic rings. The first-order chi connectivity index (χ1) is 14.5. The van der Waals surface area contributed by atoms with E-state index in [1.807, 2.05) is 39.3 Å². The van der Waals surface area contributed by atoms with E-state index in [-0.39, 0.29) is 17.4 Å². The van der Waals surface area contributed by atoms with Crippen LogP contribution in [0.3, 0.4) is 0 Å². The van der Waals surface area contributed by atoms with Crippen molar-refractivity contribution in [3.8, 4) is 11.4 Å². The second kappa shape index (κ2) is 8.78. The number of imidazole rings is 1. The van der Waals surface area contributed by atoms with Crippen LogP contribution in [0.2, 0.25) is 0 Å². The molecule has 0 saturated heterocycles. The number of rotatable bonds is 4. The van der Waals surface area contributed by atoms with Gasteiger partial charge in [0.15, 0.2) is 5.69 Å². The summed E-state index contributed by atoms with van der Waals surface area (Å²) in [5.41, 5.74) is 1.77. The summed E-state index contributed by atoms with van der Waals surface area (Å²) in [6.07, 6.45) is 0.865. The first-order valence-corrected chi connectivity index (χ1v) is 10.6. The summed E-state index contributed by atoms with van der Waals surface area (Å²) in [7, 11) is 3.53. The van der Waals surface area contributed by atoms with Gasteiger partial charge in [-0.15, -0.1) is 0 Å². The Bertz CT molecular complexity index is 993. The highest BCUT2D eigenvalue weighted by Gasteiger charge is 2.35. The smallest absolute Gasteiger partial charge is 0.272 e. The molecule has 0 fully saturated rings. The van der Waals surface area contributed by atoms with E-state index < -0.39 is 17.4 Å². The molecule has 1 aliphatic rings. The number of benzene rings is 1. The molecule has 1 aliphatic heterocycles. The summed E-state index contributed by atoms with van der Waals surface area (Å²) in [6, 6.07) is 4.16. The summed E-state index contributed by atoms with van der Waals surface area (Å²) in [4.78, 5) is 32.5. The summed E-state index contributed by atoms with van der Waals surface area (Å²) >= 11 is 0. The van der Waals surface area contributed by atoms with E-state index in [0.717, 1.165) is 24.2 Å². The molecule has 2 amide bonds. The second-order valence-corrected chi connectivity index (χ2v) is 9.34. The molecule has 8 heteroatoms. The maximum atomic E-state index is 14.7. The highest BCUT2D eigenvalue weighted by atomic mass is 19.1. The SMILES string of the molecule is CNC(=O)C(NC(=O)c1nc(-c2cc(C)ccc2F)n2c1CN(C)CCC2)C(C)(C)C. The van der Waals surface area contributed by atoms with Gasteiger partial charge < -0.3 is 20.1 Å². The molecule has 31 heavy (non-hydrogen) atoms. The number of hydrogen-bond acceptors (Lipinski definition) is 4. The summed E-state index contributed by atoms with van der Waals surface area (Å²) < 4.78 is 16.7. The molecule has 0 radical (unpaired) electrons. The third kappa shape index (κ3) is 4.79. The zero-order valence-corrected chi connectivity index (χ0v) is 19.2. The van der Waals surface area contributed by atoms with Crippen LogP contribution in [0.25, 0.3) is 11.4 Å². The lowest BCUT2D eigenvalue weighted by Crippen LogP contribution is -2.53. The number of nitrogens with one attached hydrogen (secondary N) is 2. The fourth-order valence-corrected chi connectivity index (χ4v) is 3.94. The van der Waals surface area contributed by atoms with Crippen molar-refractivity contribution in [3.63, 3.8) is 0 Å². The van der Waals surface area contributed by atoms with E-state index in [1.54, 1.807) is 19.2 Å². The fraction of sp³-hybridized carbons (Fsp3) is 0.522. The molecule has 2 heterocycles. The number of carbonyl (C=O) groups excluding carboxylic acids is 2. The Kier molecular flexibility index (Phi) is 6.50. The Morgan fingerprint density at radius 1 is 1.23 bits per heavy atom. The molecule has 0 aliphatic carbocycles. The van der Waals surface area contributed by atoms with Crippen LogP contribution in [0, 0.1) is 18.2 Å².